The summed E-state index contributed by atoms with van der Waals surface area (Å²) in [6.45, 7) is 2.11. The van der Waals surface area contributed by atoms with Gasteiger partial charge in [0.1, 0.15) is 5.69 Å². The van der Waals surface area contributed by atoms with Gasteiger partial charge in [0.15, 0.2) is 0 Å². The van der Waals surface area contributed by atoms with Crippen LogP contribution < -0.4 is 15.8 Å². The van der Waals surface area contributed by atoms with Crippen molar-refractivity contribution in [3.8, 4) is 11.1 Å². The molecule has 2 aromatic carbocycles. The molecule has 2 aromatic heterocycles. The van der Waals surface area contributed by atoms with E-state index in [1.807, 2.05) is 54.7 Å². The molecule has 1 saturated heterocycles. The first kappa shape index (κ1) is 18.2. The average molecular weight is 398 g/mol. The van der Waals surface area contributed by atoms with Gasteiger partial charge in [0.05, 0.1) is 0 Å². The van der Waals surface area contributed by atoms with Gasteiger partial charge in [0.25, 0.3) is 11.5 Å². The van der Waals surface area contributed by atoms with Crippen molar-refractivity contribution in [1.82, 2.24) is 9.97 Å². The largest absolute Gasteiger partial charge is 0.372 e. The number of fused-ring (bicyclic) bond motifs is 1. The normalized spacial score (nSPS) is 13.7. The molecule has 0 radical (unpaired) electrons. The Labute approximate surface area is 173 Å². The fraction of sp³-hybridized carbons (Fsp3) is 0.167. The highest BCUT2D eigenvalue weighted by atomic mass is 16.2. The lowest BCUT2D eigenvalue weighted by Crippen LogP contribution is -2.20. The molecule has 1 aliphatic rings. The molecule has 30 heavy (non-hydrogen) atoms. The molecule has 6 nitrogen and oxygen atoms in total. The number of benzene rings is 2. The minimum Gasteiger partial charge on any atom is -0.372 e. The van der Waals surface area contributed by atoms with Crippen LogP contribution in [0.4, 0.5) is 11.4 Å². The van der Waals surface area contributed by atoms with E-state index in [1.54, 1.807) is 12.3 Å². The van der Waals surface area contributed by atoms with E-state index in [9.17, 15) is 9.59 Å². The SMILES string of the molecule is O=C(Nc1cc(-c2cccc3[nH]ccc23)c[nH]c1=O)c1ccc(N2CCCC2)cc1. The van der Waals surface area contributed by atoms with Gasteiger partial charge < -0.3 is 20.2 Å². The number of nitrogens with one attached hydrogen (secondary N) is 3. The molecule has 0 aliphatic carbocycles. The first-order valence-electron chi connectivity index (χ1n) is 10.1. The number of carbonyl (C=O) groups excluding carboxylic acids is 1. The predicted molar refractivity (Wildman–Crippen MR) is 120 cm³/mol. The molecule has 150 valence electrons. The quantitative estimate of drug-likeness (QED) is 0.477. The van der Waals surface area contributed by atoms with Crippen molar-refractivity contribution in [3.63, 3.8) is 0 Å². The summed E-state index contributed by atoms with van der Waals surface area (Å²) in [6.07, 6.45) is 5.97. The van der Waals surface area contributed by atoms with E-state index in [-0.39, 0.29) is 17.2 Å². The Balaban J connectivity index is 1.40. The lowest BCUT2D eigenvalue weighted by atomic mass is 10.0. The Morgan fingerprint density at radius 3 is 2.57 bits per heavy atom. The third kappa shape index (κ3) is 3.37. The van der Waals surface area contributed by atoms with Crippen molar-refractivity contribution in [1.29, 1.82) is 0 Å². The van der Waals surface area contributed by atoms with Crippen LogP contribution in [-0.4, -0.2) is 29.0 Å². The predicted octanol–water partition coefficient (Wildman–Crippen LogP) is 4.38. The second-order valence-corrected chi connectivity index (χ2v) is 7.57. The molecule has 0 atom stereocenters. The van der Waals surface area contributed by atoms with E-state index >= 15 is 0 Å². The van der Waals surface area contributed by atoms with Crippen LogP contribution in [-0.2, 0) is 0 Å². The van der Waals surface area contributed by atoms with Gasteiger partial charge in [-0.1, -0.05) is 12.1 Å². The lowest BCUT2D eigenvalue weighted by Gasteiger charge is -2.17. The fourth-order valence-corrected chi connectivity index (χ4v) is 4.06. The van der Waals surface area contributed by atoms with E-state index in [2.05, 4.69) is 20.2 Å². The van der Waals surface area contributed by atoms with Crippen molar-refractivity contribution in [2.75, 3.05) is 23.3 Å². The molecular formula is C24H22N4O2. The Morgan fingerprint density at radius 1 is 0.967 bits per heavy atom. The zero-order chi connectivity index (χ0) is 20.5. The topological polar surface area (TPSA) is 81.0 Å². The third-order valence-electron chi connectivity index (χ3n) is 5.66. The number of hydrogen-bond donors (Lipinski definition) is 3. The number of H-pyrrole nitrogens is 2. The second kappa shape index (κ2) is 7.55. The summed E-state index contributed by atoms with van der Waals surface area (Å²) in [6, 6.07) is 17.2. The van der Waals surface area contributed by atoms with E-state index in [0.717, 1.165) is 40.8 Å². The molecule has 4 aromatic rings. The standard InChI is InChI=1S/C24H22N4O2/c29-23(16-6-8-18(9-7-16)28-12-1-2-13-28)27-22-14-17(15-26-24(22)30)19-4-3-5-21-20(19)10-11-25-21/h3-11,14-15,25H,1-2,12-13H2,(H,26,30)(H,27,29). The van der Waals surface area contributed by atoms with E-state index in [1.165, 1.54) is 12.8 Å². The Bertz CT molecular complexity index is 1260. The maximum Gasteiger partial charge on any atom is 0.271 e. The van der Waals surface area contributed by atoms with Crippen LogP contribution in [0.25, 0.3) is 22.0 Å². The Morgan fingerprint density at radius 2 is 1.77 bits per heavy atom. The van der Waals surface area contributed by atoms with E-state index in [4.69, 9.17) is 0 Å². The van der Waals surface area contributed by atoms with Gasteiger partial charge in [-0.2, -0.15) is 0 Å². The van der Waals surface area contributed by atoms with Crippen LogP contribution in [0.5, 0.6) is 0 Å². The van der Waals surface area contributed by atoms with Crippen LogP contribution in [0.3, 0.4) is 0 Å². The van der Waals surface area contributed by atoms with Crippen molar-refractivity contribution >= 4 is 28.2 Å². The van der Waals surface area contributed by atoms with Crippen LogP contribution in [0, 0.1) is 0 Å². The van der Waals surface area contributed by atoms with Crippen LogP contribution >= 0.6 is 0 Å². The highest BCUT2D eigenvalue weighted by Crippen LogP contribution is 2.28. The smallest absolute Gasteiger partial charge is 0.271 e. The first-order valence-corrected chi connectivity index (χ1v) is 10.1. The maximum atomic E-state index is 12.7. The van der Waals surface area contributed by atoms with Crippen molar-refractivity contribution in [2.45, 2.75) is 12.8 Å². The number of hydrogen-bond acceptors (Lipinski definition) is 3. The number of anilines is 2. The number of aromatic nitrogens is 2. The first-order chi connectivity index (χ1) is 14.7. The lowest BCUT2D eigenvalue weighted by molar-refractivity contribution is 0.102. The number of amides is 1. The summed E-state index contributed by atoms with van der Waals surface area (Å²) in [5.74, 6) is -0.300. The third-order valence-corrected chi connectivity index (χ3v) is 5.66. The summed E-state index contributed by atoms with van der Waals surface area (Å²) in [4.78, 5) is 33.3. The number of carbonyl (C=O) groups is 1. The minimum atomic E-state index is -0.331. The van der Waals surface area contributed by atoms with Crippen LogP contribution in [0.1, 0.15) is 23.2 Å². The Hall–Kier alpha value is -3.80. The van der Waals surface area contributed by atoms with E-state index in [0.29, 0.717) is 5.56 Å². The van der Waals surface area contributed by atoms with Crippen molar-refractivity contribution in [3.05, 3.63) is 82.9 Å². The second-order valence-electron chi connectivity index (χ2n) is 7.57. The van der Waals surface area contributed by atoms with Gasteiger partial charge in [-0.15, -0.1) is 0 Å². The number of aromatic amines is 2. The Kier molecular flexibility index (Phi) is 4.59. The number of pyridine rings is 1. The van der Waals surface area contributed by atoms with Crippen molar-refractivity contribution < 1.29 is 4.79 Å². The molecule has 1 amide bonds. The summed E-state index contributed by atoms with van der Waals surface area (Å²) in [5, 5.41) is 3.82. The summed E-state index contributed by atoms with van der Waals surface area (Å²) < 4.78 is 0. The van der Waals surface area contributed by atoms with E-state index < -0.39 is 0 Å². The zero-order valence-corrected chi connectivity index (χ0v) is 16.4. The molecule has 1 fully saturated rings. The molecule has 6 heteroatoms. The van der Waals surface area contributed by atoms with Crippen LogP contribution in [0.15, 0.2) is 71.8 Å². The average Bonchev–Trinajstić information content (AvgIpc) is 3.47. The number of nitrogens with zero attached hydrogens (tertiary/aromatic N) is 1. The molecule has 0 spiro atoms. The van der Waals surface area contributed by atoms with Crippen molar-refractivity contribution in [2.24, 2.45) is 0 Å². The van der Waals surface area contributed by atoms with Gasteiger partial charge in [-0.25, -0.2) is 0 Å². The summed E-state index contributed by atoms with van der Waals surface area (Å²) in [5.41, 5.74) is 4.38. The molecule has 3 heterocycles. The molecule has 3 N–H and O–H groups in total. The number of rotatable bonds is 4. The monoisotopic (exact) mass is 398 g/mol. The molecule has 0 bridgehead atoms. The van der Waals surface area contributed by atoms with Gasteiger partial charge in [0.2, 0.25) is 0 Å². The fourth-order valence-electron chi connectivity index (χ4n) is 4.06. The highest BCUT2D eigenvalue weighted by Gasteiger charge is 2.14. The van der Waals surface area contributed by atoms with Gasteiger partial charge in [-0.05, 0) is 60.9 Å². The van der Waals surface area contributed by atoms with Gasteiger partial charge >= 0.3 is 0 Å². The molecular weight excluding hydrogens is 376 g/mol. The zero-order valence-electron chi connectivity index (χ0n) is 16.4. The van der Waals surface area contributed by atoms with Crippen LogP contribution in [0.2, 0.25) is 0 Å². The summed E-state index contributed by atoms with van der Waals surface area (Å²) >= 11 is 0. The molecule has 1 aliphatic heterocycles. The molecule has 0 unspecified atom stereocenters. The van der Waals surface area contributed by atoms with Gasteiger partial charge in [-0.3, -0.25) is 9.59 Å². The molecule has 0 saturated carbocycles. The summed E-state index contributed by atoms with van der Waals surface area (Å²) in [7, 11) is 0. The minimum absolute atomic E-state index is 0.230. The maximum absolute atomic E-state index is 12.7. The molecule has 5 rings (SSSR count). The van der Waals surface area contributed by atoms with Gasteiger partial charge in [0, 0.05) is 53.2 Å². The highest BCUT2D eigenvalue weighted by molar-refractivity contribution is 6.05.